The van der Waals surface area contributed by atoms with Crippen molar-refractivity contribution < 1.29 is 13.2 Å². The third kappa shape index (κ3) is 4.57. The first-order chi connectivity index (χ1) is 12.8. The van der Waals surface area contributed by atoms with Crippen LogP contribution in [0.1, 0.15) is 37.3 Å². The Labute approximate surface area is 164 Å². The number of hydrogen-bond acceptors (Lipinski definition) is 5. The molecular formula is C19H25N3O3S2. The van der Waals surface area contributed by atoms with Gasteiger partial charge in [-0.15, -0.1) is 11.3 Å². The Morgan fingerprint density at radius 3 is 2.59 bits per heavy atom. The zero-order valence-electron chi connectivity index (χ0n) is 15.7. The van der Waals surface area contributed by atoms with E-state index >= 15 is 0 Å². The standard InChI is InChI=1S/C19H25N3O3S2/c1-13-12-16-8-11-26-19(16)14(2)22(13)10-9-20-27(24,25)18-6-4-17(5-7-18)21-15(3)23/h4-8,11,13-14,20H,9-10,12H2,1-3H3,(H,21,23)/t13-,14+/m1/s1. The molecule has 1 amide bonds. The highest BCUT2D eigenvalue weighted by Crippen LogP contribution is 2.35. The molecule has 27 heavy (non-hydrogen) atoms. The van der Waals surface area contributed by atoms with Crippen molar-refractivity contribution in [3.05, 3.63) is 46.2 Å². The molecule has 2 atom stereocenters. The molecule has 0 fully saturated rings. The van der Waals surface area contributed by atoms with E-state index in [2.05, 4.69) is 40.2 Å². The average molecular weight is 408 g/mol. The van der Waals surface area contributed by atoms with E-state index in [9.17, 15) is 13.2 Å². The van der Waals surface area contributed by atoms with Crippen LogP contribution < -0.4 is 10.0 Å². The molecule has 8 heteroatoms. The van der Waals surface area contributed by atoms with E-state index in [1.54, 1.807) is 23.5 Å². The lowest BCUT2D eigenvalue weighted by atomic mass is 9.97. The summed E-state index contributed by atoms with van der Waals surface area (Å²) in [7, 11) is -3.58. The number of thiophene rings is 1. The van der Waals surface area contributed by atoms with Gasteiger partial charge in [-0.2, -0.15) is 0 Å². The van der Waals surface area contributed by atoms with E-state index in [-0.39, 0.29) is 10.8 Å². The summed E-state index contributed by atoms with van der Waals surface area (Å²) in [6.45, 7) is 6.79. The lowest BCUT2D eigenvalue weighted by Crippen LogP contribution is -2.44. The topological polar surface area (TPSA) is 78.5 Å². The van der Waals surface area contributed by atoms with Gasteiger partial charge in [0.1, 0.15) is 0 Å². The van der Waals surface area contributed by atoms with Gasteiger partial charge in [0.2, 0.25) is 15.9 Å². The van der Waals surface area contributed by atoms with E-state index in [4.69, 9.17) is 0 Å². The fraction of sp³-hybridized carbons (Fsp3) is 0.421. The maximum Gasteiger partial charge on any atom is 0.240 e. The molecule has 6 nitrogen and oxygen atoms in total. The second-order valence-corrected chi connectivity index (χ2v) is 9.60. The predicted octanol–water partition coefficient (Wildman–Crippen LogP) is 2.99. The summed E-state index contributed by atoms with van der Waals surface area (Å²) >= 11 is 1.77. The maximum atomic E-state index is 12.5. The number of amides is 1. The highest BCUT2D eigenvalue weighted by molar-refractivity contribution is 7.89. The first-order valence-electron chi connectivity index (χ1n) is 8.97. The van der Waals surface area contributed by atoms with Crippen LogP contribution in [0.15, 0.2) is 40.6 Å². The monoisotopic (exact) mass is 407 g/mol. The lowest BCUT2D eigenvalue weighted by molar-refractivity contribution is -0.114. The second kappa shape index (κ2) is 8.10. The summed E-state index contributed by atoms with van der Waals surface area (Å²) < 4.78 is 27.7. The first-order valence-corrected chi connectivity index (χ1v) is 11.3. The number of fused-ring (bicyclic) bond motifs is 1. The van der Waals surface area contributed by atoms with Crippen molar-refractivity contribution in [1.82, 2.24) is 9.62 Å². The molecule has 146 valence electrons. The molecule has 0 spiro atoms. The second-order valence-electron chi connectivity index (χ2n) is 6.88. The normalized spacial score (nSPS) is 20.3. The first kappa shape index (κ1) is 20.0. The van der Waals surface area contributed by atoms with Gasteiger partial charge < -0.3 is 5.32 Å². The van der Waals surface area contributed by atoms with Crippen molar-refractivity contribution in [2.75, 3.05) is 18.4 Å². The molecule has 0 aliphatic carbocycles. The van der Waals surface area contributed by atoms with Crippen LogP contribution in [0, 0.1) is 0 Å². The molecule has 0 radical (unpaired) electrons. The van der Waals surface area contributed by atoms with Crippen LogP contribution in [-0.2, 0) is 21.2 Å². The van der Waals surface area contributed by atoms with Crippen LogP contribution in [-0.4, -0.2) is 38.4 Å². The van der Waals surface area contributed by atoms with Crippen molar-refractivity contribution in [1.29, 1.82) is 0 Å². The van der Waals surface area contributed by atoms with Gasteiger partial charge in [0, 0.05) is 42.7 Å². The molecule has 1 aliphatic rings. The van der Waals surface area contributed by atoms with Crippen LogP contribution in [0.3, 0.4) is 0 Å². The Balaban J connectivity index is 1.60. The third-order valence-electron chi connectivity index (χ3n) is 4.89. The molecule has 1 aromatic heterocycles. The summed E-state index contributed by atoms with van der Waals surface area (Å²) in [5.41, 5.74) is 1.99. The molecule has 2 aromatic rings. The van der Waals surface area contributed by atoms with Crippen LogP contribution in [0.5, 0.6) is 0 Å². The lowest BCUT2D eigenvalue weighted by Gasteiger charge is -2.38. The zero-order chi connectivity index (χ0) is 19.6. The number of sulfonamides is 1. The number of nitrogens with one attached hydrogen (secondary N) is 2. The smallest absolute Gasteiger partial charge is 0.240 e. The Morgan fingerprint density at radius 1 is 1.22 bits per heavy atom. The van der Waals surface area contributed by atoms with E-state index in [1.165, 1.54) is 29.5 Å². The van der Waals surface area contributed by atoms with E-state index in [0.717, 1.165) is 6.42 Å². The fourth-order valence-corrected chi connectivity index (χ4v) is 5.61. The number of hydrogen-bond donors (Lipinski definition) is 2. The third-order valence-corrected chi connectivity index (χ3v) is 7.49. The molecule has 0 saturated heterocycles. The Bertz CT molecular complexity index is 907. The van der Waals surface area contributed by atoms with Crippen LogP contribution in [0.2, 0.25) is 0 Å². The van der Waals surface area contributed by atoms with Crippen molar-refractivity contribution >= 4 is 33.0 Å². The molecule has 3 rings (SSSR count). The van der Waals surface area contributed by atoms with Gasteiger partial charge in [-0.05, 0) is 61.5 Å². The molecule has 1 aromatic carbocycles. The van der Waals surface area contributed by atoms with Gasteiger partial charge >= 0.3 is 0 Å². The van der Waals surface area contributed by atoms with Gasteiger partial charge in [0.05, 0.1) is 4.90 Å². The number of anilines is 1. The number of benzene rings is 1. The van der Waals surface area contributed by atoms with Crippen LogP contribution >= 0.6 is 11.3 Å². The van der Waals surface area contributed by atoms with E-state index < -0.39 is 10.0 Å². The minimum Gasteiger partial charge on any atom is -0.326 e. The fourth-order valence-electron chi connectivity index (χ4n) is 3.58. The van der Waals surface area contributed by atoms with Crippen molar-refractivity contribution in [2.24, 2.45) is 0 Å². The summed E-state index contributed by atoms with van der Waals surface area (Å²) in [4.78, 5) is 15.0. The average Bonchev–Trinajstić information content (AvgIpc) is 3.06. The summed E-state index contributed by atoms with van der Waals surface area (Å²) in [5, 5.41) is 4.76. The van der Waals surface area contributed by atoms with Gasteiger partial charge in [0.25, 0.3) is 0 Å². The Kier molecular flexibility index (Phi) is 6.00. The van der Waals surface area contributed by atoms with Crippen LogP contribution in [0.4, 0.5) is 5.69 Å². The van der Waals surface area contributed by atoms with E-state index in [0.29, 0.717) is 30.9 Å². The molecule has 0 saturated carbocycles. The SMILES string of the molecule is CC(=O)Nc1ccc(S(=O)(=O)NCCN2[C@H](C)Cc3ccsc3[C@@H]2C)cc1. The van der Waals surface area contributed by atoms with E-state index in [1.807, 2.05) is 0 Å². The number of carbonyl (C=O) groups is 1. The molecular weight excluding hydrogens is 382 g/mol. The number of rotatable bonds is 6. The summed E-state index contributed by atoms with van der Waals surface area (Å²) in [6.07, 6.45) is 1.00. The van der Waals surface area contributed by atoms with Gasteiger partial charge in [-0.25, -0.2) is 13.1 Å². The highest BCUT2D eigenvalue weighted by Gasteiger charge is 2.30. The summed E-state index contributed by atoms with van der Waals surface area (Å²) in [6, 6.07) is 9.04. The zero-order valence-corrected chi connectivity index (χ0v) is 17.4. The van der Waals surface area contributed by atoms with Crippen molar-refractivity contribution in [3.8, 4) is 0 Å². The van der Waals surface area contributed by atoms with Gasteiger partial charge in [-0.3, -0.25) is 9.69 Å². The predicted molar refractivity (Wildman–Crippen MR) is 109 cm³/mol. The van der Waals surface area contributed by atoms with Crippen molar-refractivity contribution in [3.63, 3.8) is 0 Å². The molecule has 2 heterocycles. The molecule has 1 aliphatic heterocycles. The molecule has 2 N–H and O–H groups in total. The van der Waals surface area contributed by atoms with Gasteiger partial charge in [-0.1, -0.05) is 0 Å². The Morgan fingerprint density at radius 2 is 1.93 bits per heavy atom. The Hall–Kier alpha value is -1.74. The quantitative estimate of drug-likeness (QED) is 0.772. The summed E-state index contributed by atoms with van der Waals surface area (Å²) in [5.74, 6) is -0.192. The van der Waals surface area contributed by atoms with Gasteiger partial charge in [0.15, 0.2) is 0 Å². The highest BCUT2D eigenvalue weighted by atomic mass is 32.2. The largest absolute Gasteiger partial charge is 0.326 e. The minimum absolute atomic E-state index is 0.192. The molecule has 0 unspecified atom stereocenters. The number of nitrogens with zero attached hydrogens (tertiary/aromatic N) is 1. The minimum atomic E-state index is -3.58. The number of carbonyl (C=O) groups excluding carboxylic acids is 1. The van der Waals surface area contributed by atoms with Crippen LogP contribution in [0.25, 0.3) is 0 Å². The van der Waals surface area contributed by atoms with Crippen molar-refractivity contribution in [2.45, 2.75) is 44.2 Å². The maximum absolute atomic E-state index is 12.5. The molecule has 0 bridgehead atoms.